The summed E-state index contributed by atoms with van der Waals surface area (Å²) in [5.41, 5.74) is 0. The molecule has 0 saturated carbocycles. The number of rotatable bonds is 7. The molecule has 1 atom stereocenters. The molecular formula is C15H20N2O3. The zero-order chi connectivity index (χ0) is 14.2. The summed E-state index contributed by atoms with van der Waals surface area (Å²) in [6.45, 7) is 1.04. The van der Waals surface area contributed by atoms with Gasteiger partial charge in [-0.25, -0.2) is 0 Å². The lowest BCUT2D eigenvalue weighted by Crippen LogP contribution is -2.38. The molecule has 0 bridgehead atoms. The van der Waals surface area contributed by atoms with Crippen LogP contribution in [0.2, 0.25) is 0 Å². The van der Waals surface area contributed by atoms with Crippen LogP contribution in [0, 0.1) is 0 Å². The molecule has 2 rings (SSSR count). The van der Waals surface area contributed by atoms with E-state index in [-0.39, 0.29) is 17.9 Å². The first-order chi connectivity index (χ1) is 9.74. The first kappa shape index (κ1) is 14.4. The van der Waals surface area contributed by atoms with Gasteiger partial charge in [0.2, 0.25) is 11.8 Å². The number of nitrogens with one attached hydrogen (secondary N) is 2. The van der Waals surface area contributed by atoms with Crippen molar-refractivity contribution in [3.63, 3.8) is 0 Å². The van der Waals surface area contributed by atoms with Gasteiger partial charge < -0.3 is 15.4 Å². The molecule has 1 unspecified atom stereocenters. The van der Waals surface area contributed by atoms with Crippen LogP contribution in [-0.4, -0.2) is 31.0 Å². The van der Waals surface area contributed by atoms with Crippen LogP contribution >= 0.6 is 0 Å². The van der Waals surface area contributed by atoms with Crippen molar-refractivity contribution in [1.82, 2.24) is 10.6 Å². The second-order valence-corrected chi connectivity index (χ2v) is 4.87. The van der Waals surface area contributed by atoms with Crippen molar-refractivity contribution in [2.24, 2.45) is 0 Å². The third-order valence-electron chi connectivity index (χ3n) is 3.19. The highest BCUT2D eigenvalue weighted by Gasteiger charge is 2.20. The predicted molar refractivity (Wildman–Crippen MR) is 75.3 cm³/mol. The zero-order valence-electron chi connectivity index (χ0n) is 11.4. The number of carbonyl (C=O) groups excluding carboxylic acids is 2. The van der Waals surface area contributed by atoms with Gasteiger partial charge in [-0.1, -0.05) is 18.2 Å². The normalized spacial score (nSPS) is 17.6. The SMILES string of the molecule is O=C(CCCOc1ccccc1)NCC1CCC(=O)N1. The van der Waals surface area contributed by atoms with Gasteiger partial charge in [0, 0.05) is 25.4 Å². The van der Waals surface area contributed by atoms with Crippen LogP contribution in [0.25, 0.3) is 0 Å². The van der Waals surface area contributed by atoms with Gasteiger partial charge in [0.05, 0.1) is 6.61 Å². The molecule has 0 aromatic heterocycles. The van der Waals surface area contributed by atoms with Crippen molar-refractivity contribution in [1.29, 1.82) is 0 Å². The predicted octanol–water partition coefficient (Wildman–Crippen LogP) is 1.24. The highest BCUT2D eigenvalue weighted by molar-refractivity contribution is 5.79. The average molecular weight is 276 g/mol. The molecular weight excluding hydrogens is 256 g/mol. The van der Waals surface area contributed by atoms with Crippen LogP contribution in [0.4, 0.5) is 0 Å². The number of para-hydroxylation sites is 1. The molecule has 1 aliphatic heterocycles. The Balaban J connectivity index is 1.53. The Morgan fingerprint density at radius 3 is 2.85 bits per heavy atom. The maximum Gasteiger partial charge on any atom is 0.220 e. The van der Waals surface area contributed by atoms with Crippen molar-refractivity contribution in [2.75, 3.05) is 13.2 Å². The van der Waals surface area contributed by atoms with E-state index in [1.54, 1.807) is 0 Å². The molecule has 1 aliphatic rings. The summed E-state index contributed by atoms with van der Waals surface area (Å²) < 4.78 is 5.51. The maximum absolute atomic E-state index is 11.6. The Morgan fingerprint density at radius 1 is 1.35 bits per heavy atom. The number of carbonyl (C=O) groups is 2. The lowest BCUT2D eigenvalue weighted by molar-refractivity contribution is -0.122. The second-order valence-electron chi connectivity index (χ2n) is 4.87. The fraction of sp³-hybridized carbons (Fsp3) is 0.467. The Labute approximate surface area is 118 Å². The number of hydrogen-bond donors (Lipinski definition) is 2. The first-order valence-electron chi connectivity index (χ1n) is 6.98. The highest BCUT2D eigenvalue weighted by Crippen LogP contribution is 2.09. The van der Waals surface area contributed by atoms with Crippen molar-refractivity contribution in [3.8, 4) is 5.75 Å². The van der Waals surface area contributed by atoms with Crippen molar-refractivity contribution in [2.45, 2.75) is 31.7 Å². The summed E-state index contributed by atoms with van der Waals surface area (Å²) in [4.78, 5) is 22.6. The average Bonchev–Trinajstić information content (AvgIpc) is 2.88. The van der Waals surface area contributed by atoms with Crippen LogP contribution in [-0.2, 0) is 9.59 Å². The first-order valence-corrected chi connectivity index (χ1v) is 6.98. The fourth-order valence-corrected chi connectivity index (χ4v) is 2.10. The minimum Gasteiger partial charge on any atom is -0.494 e. The van der Waals surface area contributed by atoms with Gasteiger partial charge in [-0.05, 0) is 25.0 Å². The van der Waals surface area contributed by atoms with Gasteiger partial charge in [0.25, 0.3) is 0 Å². The third kappa shape index (κ3) is 4.91. The summed E-state index contributed by atoms with van der Waals surface area (Å²) in [5, 5.41) is 5.65. The molecule has 5 nitrogen and oxygen atoms in total. The van der Waals surface area contributed by atoms with Gasteiger partial charge in [-0.3, -0.25) is 9.59 Å². The molecule has 108 valence electrons. The summed E-state index contributed by atoms with van der Waals surface area (Å²) in [5.74, 6) is 0.893. The molecule has 1 saturated heterocycles. The summed E-state index contributed by atoms with van der Waals surface area (Å²) in [6, 6.07) is 9.64. The molecule has 1 aromatic rings. The quantitative estimate of drug-likeness (QED) is 0.736. The molecule has 2 N–H and O–H groups in total. The topological polar surface area (TPSA) is 67.4 Å². The molecule has 2 amide bonds. The van der Waals surface area contributed by atoms with E-state index in [0.717, 1.165) is 12.2 Å². The van der Waals surface area contributed by atoms with Crippen LogP contribution in [0.5, 0.6) is 5.75 Å². The number of amides is 2. The fourth-order valence-electron chi connectivity index (χ4n) is 2.10. The van der Waals surface area contributed by atoms with Gasteiger partial charge in [-0.15, -0.1) is 0 Å². The molecule has 0 radical (unpaired) electrons. The van der Waals surface area contributed by atoms with E-state index in [9.17, 15) is 9.59 Å². The van der Waals surface area contributed by atoms with Gasteiger partial charge in [-0.2, -0.15) is 0 Å². The van der Waals surface area contributed by atoms with E-state index in [0.29, 0.717) is 32.4 Å². The molecule has 5 heteroatoms. The standard InChI is InChI=1S/C15H20N2O3/c18-14(16-11-12-8-9-15(19)17-12)7-4-10-20-13-5-2-1-3-6-13/h1-3,5-6,12H,4,7-11H2,(H,16,18)(H,17,19). The summed E-state index contributed by atoms with van der Waals surface area (Å²) in [7, 11) is 0. The van der Waals surface area contributed by atoms with Crippen molar-refractivity contribution < 1.29 is 14.3 Å². The zero-order valence-corrected chi connectivity index (χ0v) is 11.4. The maximum atomic E-state index is 11.6. The lowest BCUT2D eigenvalue weighted by Gasteiger charge is -2.11. The van der Waals surface area contributed by atoms with Gasteiger partial charge in [0.15, 0.2) is 0 Å². The Hall–Kier alpha value is -2.04. The van der Waals surface area contributed by atoms with Gasteiger partial charge >= 0.3 is 0 Å². The van der Waals surface area contributed by atoms with E-state index in [1.165, 1.54) is 0 Å². The van der Waals surface area contributed by atoms with Crippen LogP contribution < -0.4 is 15.4 Å². The molecule has 1 aromatic carbocycles. The smallest absolute Gasteiger partial charge is 0.220 e. The Morgan fingerprint density at radius 2 is 2.15 bits per heavy atom. The Bertz CT molecular complexity index is 448. The van der Waals surface area contributed by atoms with E-state index >= 15 is 0 Å². The molecule has 1 heterocycles. The molecule has 20 heavy (non-hydrogen) atoms. The lowest BCUT2D eigenvalue weighted by atomic mass is 10.2. The second kappa shape index (κ2) is 7.53. The van der Waals surface area contributed by atoms with Crippen molar-refractivity contribution in [3.05, 3.63) is 30.3 Å². The minimum absolute atomic E-state index is 0.00260. The largest absolute Gasteiger partial charge is 0.494 e. The van der Waals surface area contributed by atoms with E-state index in [4.69, 9.17) is 4.74 Å². The minimum atomic E-state index is 0.00260. The summed E-state index contributed by atoms with van der Waals surface area (Å²) in [6.07, 6.45) is 2.48. The van der Waals surface area contributed by atoms with Crippen LogP contribution in [0.15, 0.2) is 30.3 Å². The van der Waals surface area contributed by atoms with Gasteiger partial charge in [0.1, 0.15) is 5.75 Å². The third-order valence-corrected chi connectivity index (χ3v) is 3.19. The van der Waals surface area contributed by atoms with E-state index in [2.05, 4.69) is 10.6 Å². The van der Waals surface area contributed by atoms with Crippen molar-refractivity contribution >= 4 is 11.8 Å². The van der Waals surface area contributed by atoms with E-state index in [1.807, 2.05) is 30.3 Å². The van der Waals surface area contributed by atoms with Crippen LogP contribution in [0.3, 0.4) is 0 Å². The summed E-state index contributed by atoms with van der Waals surface area (Å²) >= 11 is 0. The van der Waals surface area contributed by atoms with Crippen LogP contribution in [0.1, 0.15) is 25.7 Å². The van der Waals surface area contributed by atoms with E-state index < -0.39 is 0 Å². The molecule has 0 spiro atoms. The monoisotopic (exact) mass is 276 g/mol. The molecule has 0 aliphatic carbocycles. The number of hydrogen-bond acceptors (Lipinski definition) is 3. The number of ether oxygens (including phenoxy) is 1. The molecule has 1 fully saturated rings. The highest BCUT2D eigenvalue weighted by atomic mass is 16.5. The Kier molecular flexibility index (Phi) is 5.41. The number of benzene rings is 1.